The van der Waals surface area contributed by atoms with Crippen molar-refractivity contribution in [2.45, 2.75) is 51.7 Å². The highest BCUT2D eigenvalue weighted by Gasteiger charge is 2.18. The smallest absolute Gasteiger partial charge is 0.0949 e. The molecule has 0 aliphatic carbocycles. The Morgan fingerprint density at radius 2 is 2.00 bits per heavy atom. The van der Waals surface area contributed by atoms with Crippen molar-refractivity contribution < 1.29 is 0 Å². The van der Waals surface area contributed by atoms with E-state index in [0.29, 0.717) is 6.04 Å². The van der Waals surface area contributed by atoms with E-state index in [1.54, 1.807) is 0 Å². The van der Waals surface area contributed by atoms with Crippen LogP contribution in [0.5, 0.6) is 0 Å². The molecule has 2 rings (SSSR count). The molecule has 0 bridgehead atoms. The van der Waals surface area contributed by atoms with Gasteiger partial charge in [-0.1, -0.05) is 6.42 Å². The third-order valence-electron chi connectivity index (χ3n) is 3.69. The normalized spacial score (nSPS) is 21.4. The Hall–Kier alpha value is -0.870. The minimum Gasteiger partial charge on any atom is -0.332 e. The molecule has 2 N–H and O–H groups in total. The van der Waals surface area contributed by atoms with Gasteiger partial charge in [0.05, 0.1) is 12.0 Å². The summed E-state index contributed by atoms with van der Waals surface area (Å²) in [6.07, 6.45) is 7.86. The van der Waals surface area contributed by atoms with E-state index in [1.807, 2.05) is 19.4 Å². The largest absolute Gasteiger partial charge is 0.332 e. The lowest BCUT2D eigenvalue weighted by molar-refractivity contribution is 0.159. The molecule has 4 heteroatoms. The maximum absolute atomic E-state index is 5.94. The summed E-state index contributed by atoms with van der Waals surface area (Å²) in [6, 6.07) is 0.632. The molecule has 0 saturated carbocycles. The summed E-state index contributed by atoms with van der Waals surface area (Å²) in [5.41, 5.74) is 7.07. The number of hydrogen-bond donors (Lipinski definition) is 1. The zero-order valence-corrected chi connectivity index (χ0v) is 11.0. The van der Waals surface area contributed by atoms with Gasteiger partial charge in [-0.2, -0.15) is 0 Å². The predicted molar refractivity (Wildman–Crippen MR) is 69.7 cm³/mol. The van der Waals surface area contributed by atoms with Crippen LogP contribution in [0.3, 0.4) is 0 Å². The van der Waals surface area contributed by atoms with Crippen LogP contribution in [0.2, 0.25) is 0 Å². The standard InChI is InChI=1S/C13H24N4/c1-11(16-6-4-3-5-7-16)9-17-10-15-8-13(17)12(2)14/h8,10-12H,3-7,9,14H2,1-2H3. The Bertz CT molecular complexity index is 339. The summed E-state index contributed by atoms with van der Waals surface area (Å²) < 4.78 is 2.20. The van der Waals surface area contributed by atoms with Crippen LogP contribution in [-0.4, -0.2) is 33.6 Å². The first-order chi connectivity index (χ1) is 8.18. The van der Waals surface area contributed by atoms with Gasteiger partial charge in [-0.3, -0.25) is 4.90 Å². The Morgan fingerprint density at radius 3 is 2.65 bits per heavy atom. The fourth-order valence-corrected chi connectivity index (χ4v) is 2.62. The summed E-state index contributed by atoms with van der Waals surface area (Å²) in [5.74, 6) is 0. The van der Waals surface area contributed by atoms with Gasteiger partial charge in [0.15, 0.2) is 0 Å². The maximum Gasteiger partial charge on any atom is 0.0949 e. The van der Waals surface area contributed by atoms with E-state index in [-0.39, 0.29) is 6.04 Å². The van der Waals surface area contributed by atoms with E-state index in [1.165, 1.54) is 32.4 Å². The Labute approximate surface area is 104 Å². The SMILES string of the molecule is CC(N)c1cncn1CC(C)N1CCCCC1. The van der Waals surface area contributed by atoms with Gasteiger partial charge in [-0.25, -0.2) is 4.98 Å². The molecular formula is C13H24N4. The van der Waals surface area contributed by atoms with Gasteiger partial charge in [-0.05, 0) is 39.8 Å². The molecule has 1 fully saturated rings. The molecule has 0 spiro atoms. The lowest BCUT2D eigenvalue weighted by Gasteiger charge is -2.32. The van der Waals surface area contributed by atoms with Crippen LogP contribution < -0.4 is 5.73 Å². The van der Waals surface area contributed by atoms with Crippen LogP contribution in [0, 0.1) is 0 Å². The average molecular weight is 236 g/mol. The first-order valence-electron chi connectivity index (χ1n) is 6.68. The monoisotopic (exact) mass is 236 g/mol. The first kappa shape index (κ1) is 12.6. The van der Waals surface area contributed by atoms with Crippen LogP contribution in [0.15, 0.2) is 12.5 Å². The molecule has 0 aromatic carbocycles. The molecule has 2 unspecified atom stereocenters. The van der Waals surface area contributed by atoms with Crippen molar-refractivity contribution in [3.8, 4) is 0 Å². The van der Waals surface area contributed by atoms with E-state index in [2.05, 4.69) is 21.4 Å². The maximum atomic E-state index is 5.94. The lowest BCUT2D eigenvalue weighted by Crippen LogP contribution is -2.40. The van der Waals surface area contributed by atoms with E-state index < -0.39 is 0 Å². The Balaban J connectivity index is 1.97. The van der Waals surface area contributed by atoms with Gasteiger partial charge in [-0.15, -0.1) is 0 Å². The van der Waals surface area contributed by atoms with Gasteiger partial charge < -0.3 is 10.3 Å². The van der Waals surface area contributed by atoms with Crippen molar-refractivity contribution >= 4 is 0 Å². The van der Waals surface area contributed by atoms with Crippen LogP contribution in [-0.2, 0) is 6.54 Å². The molecule has 1 aromatic heterocycles. The first-order valence-corrected chi connectivity index (χ1v) is 6.68. The van der Waals surface area contributed by atoms with Crippen molar-refractivity contribution in [1.82, 2.24) is 14.5 Å². The molecule has 1 aliphatic heterocycles. The minimum absolute atomic E-state index is 0.0612. The lowest BCUT2D eigenvalue weighted by atomic mass is 10.1. The number of imidazole rings is 1. The van der Waals surface area contributed by atoms with Gasteiger partial charge in [0, 0.05) is 24.8 Å². The van der Waals surface area contributed by atoms with Crippen LogP contribution in [0.1, 0.15) is 44.8 Å². The number of likely N-dealkylation sites (tertiary alicyclic amines) is 1. The number of piperidine rings is 1. The highest BCUT2D eigenvalue weighted by molar-refractivity contribution is 5.03. The van der Waals surface area contributed by atoms with E-state index in [9.17, 15) is 0 Å². The molecule has 2 heterocycles. The quantitative estimate of drug-likeness (QED) is 0.867. The zero-order valence-electron chi connectivity index (χ0n) is 11.0. The van der Waals surface area contributed by atoms with Crippen LogP contribution in [0.4, 0.5) is 0 Å². The number of nitrogens with two attached hydrogens (primary N) is 1. The molecule has 1 aliphatic rings. The summed E-state index contributed by atoms with van der Waals surface area (Å²) >= 11 is 0. The summed E-state index contributed by atoms with van der Waals surface area (Å²) in [7, 11) is 0. The summed E-state index contributed by atoms with van der Waals surface area (Å²) in [4.78, 5) is 6.78. The van der Waals surface area contributed by atoms with E-state index in [0.717, 1.165) is 12.2 Å². The summed E-state index contributed by atoms with van der Waals surface area (Å²) in [6.45, 7) is 7.79. The molecule has 96 valence electrons. The third-order valence-corrected chi connectivity index (χ3v) is 3.69. The topological polar surface area (TPSA) is 47.1 Å². The number of nitrogens with zero attached hydrogens (tertiary/aromatic N) is 3. The van der Waals surface area contributed by atoms with Crippen molar-refractivity contribution in [2.24, 2.45) is 5.73 Å². The van der Waals surface area contributed by atoms with Crippen LogP contribution >= 0.6 is 0 Å². The van der Waals surface area contributed by atoms with Gasteiger partial charge in [0.25, 0.3) is 0 Å². The van der Waals surface area contributed by atoms with Crippen molar-refractivity contribution in [3.05, 3.63) is 18.2 Å². The molecule has 17 heavy (non-hydrogen) atoms. The minimum atomic E-state index is 0.0612. The fourth-order valence-electron chi connectivity index (χ4n) is 2.62. The average Bonchev–Trinajstić information content (AvgIpc) is 2.78. The molecule has 0 amide bonds. The highest BCUT2D eigenvalue weighted by atomic mass is 15.2. The number of rotatable bonds is 4. The van der Waals surface area contributed by atoms with Gasteiger partial charge >= 0.3 is 0 Å². The predicted octanol–water partition coefficient (Wildman–Crippen LogP) is 1.78. The van der Waals surface area contributed by atoms with Crippen molar-refractivity contribution in [3.63, 3.8) is 0 Å². The summed E-state index contributed by atoms with van der Waals surface area (Å²) in [5, 5.41) is 0. The van der Waals surface area contributed by atoms with Crippen LogP contribution in [0.25, 0.3) is 0 Å². The highest BCUT2D eigenvalue weighted by Crippen LogP contribution is 2.15. The molecule has 2 atom stereocenters. The second kappa shape index (κ2) is 5.65. The van der Waals surface area contributed by atoms with Crippen molar-refractivity contribution in [2.75, 3.05) is 13.1 Å². The zero-order chi connectivity index (χ0) is 12.3. The fraction of sp³-hybridized carbons (Fsp3) is 0.769. The van der Waals surface area contributed by atoms with E-state index >= 15 is 0 Å². The molecule has 4 nitrogen and oxygen atoms in total. The molecule has 1 saturated heterocycles. The Kier molecular flexibility index (Phi) is 4.18. The van der Waals surface area contributed by atoms with Gasteiger partial charge in [0.2, 0.25) is 0 Å². The van der Waals surface area contributed by atoms with E-state index in [4.69, 9.17) is 5.73 Å². The molecule has 1 aromatic rings. The van der Waals surface area contributed by atoms with Crippen molar-refractivity contribution in [1.29, 1.82) is 0 Å². The van der Waals surface area contributed by atoms with Gasteiger partial charge in [0.1, 0.15) is 0 Å². The second-order valence-electron chi connectivity index (χ2n) is 5.21. The number of aromatic nitrogens is 2. The number of hydrogen-bond acceptors (Lipinski definition) is 3. The second-order valence-corrected chi connectivity index (χ2v) is 5.21. The third kappa shape index (κ3) is 3.07. The molecular weight excluding hydrogens is 212 g/mol. The molecule has 0 radical (unpaired) electrons. The Morgan fingerprint density at radius 1 is 1.29 bits per heavy atom.